The predicted octanol–water partition coefficient (Wildman–Crippen LogP) is 0.766. The molecule has 86 valence electrons. The third-order valence-corrected chi connectivity index (χ3v) is 3.08. The van der Waals surface area contributed by atoms with Crippen LogP contribution in [0.1, 0.15) is 19.8 Å². The largest absolute Gasteiger partial charge is 0.466 e. The maximum Gasteiger partial charge on any atom is 0.309 e. The van der Waals surface area contributed by atoms with Gasteiger partial charge in [-0.05, 0) is 32.0 Å². The summed E-state index contributed by atoms with van der Waals surface area (Å²) < 4.78 is 5.00. The van der Waals surface area contributed by atoms with E-state index in [9.17, 15) is 4.79 Å². The van der Waals surface area contributed by atoms with E-state index in [4.69, 9.17) is 17.0 Å². The number of nitrogens with zero attached hydrogens (tertiary/aromatic N) is 1. The second kappa shape index (κ2) is 5.90. The van der Waals surface area contributed by atoms with Crippen LogP contribution in [0, 0.1) is 5.92 Å². The molecule has 0 spiro atoms. The van der Waals surface area contributed by atoms with E-state index in [2.05, 4.69) is 10.2 Å². The zero-order valence-corrected chi connectivity index (χ0v) is 10.1. The van der Waals surface area contributed by atoms with Crippen LogP contribution < -0.4 is 5.32 Å². The van der Waals surface area contributed by atoms with Crippen molar-refractivity contribution in [1.82, 2.24) is 10.2 Å². The van der Waals surface area contributed by atoms with Crippen molar-refractivity contribution in [2.75, 3.05) is 26.7 Å². The van der Waals surface area contributed by atoms with Crippen LogP contribution in [0.5, 0.6) is 0 Å². The number of ether oxygens (including phenoxy) is 1. The van der Waals surface area contributed by atoms with Gasteiger partial charge in [-0.25, -0.2) is 0 Å². The molecule has 0 bridgehead atoms. The van der Waals surface area contributed by atoms with E-state index in [0.717, 1.165) is 31.0 Å². The van der Waals surface area contributed by atoms with Crippen LogP contribution in [0.15, 0.2) is 0 Å². The number of hydrogen-bond acceptors (Lipinski definition) is 3. The molecule has 0 aromatic rings. The van der Waals surface area contributed by atoms with Crippen LogP contribution >= 0.6 is 12.2 Å². The minimum absolute atomic E-state index is 0.0563. The second-order valence-electron chi connectivity index (χ2n) is 3.57. The third-order valence-electron chi connectivity index (χ3n) is 2.62. The number of rotatable bonds is 2. The molecule has 1 aliphatic heterocycles. The van der Waals surface area contributed by atoms with Gasteiger partial charge in [-0.3, -0.25) is 4.79 Å². The summed E-state index contributed by atoms with van der Waals surface area (Å²) in [6.07, 6.45) is 1.67. The Morgan fingerprint density at radius 2 is 2.13 bits per heavy atom. The Morgan fingerprint density at radius 1 is 1.53 bits per heavy atom. The number of thiocarbonyl (C=S) groups is 1. The molecule has 0 atom stereocenters. The maximum absolute atomic E-state index is 11.5. The monoisotopic (exact) mass is 230 g/mol. The molecule has 15 heavy (non-hydrogen) atoms. The van der Waals surface area contributed by atoms with Crippen molar-refractivity contribution in [2.45, 2.75) is 19.8 Å². The molecule has 1 rings (SSSR count). The Kier molecular flexibility index (Phi) is 4.81. The molecule has 0 amide bonds. The highest BCUT2D eigenvalue weighted by Gasteiger charge is 2.26. The van der Waals surface area contributed by atoms with E-state index in [-0.39, 0.29) is 11.9 Å². The van der Waals surface area contributed by atoms with Crippen molar-refractivity contribution in [3.8, 4) is 0 Å². The van der Waals surface area contributed by atoms with Crippen molar-refractivity contribution in [3.05, 3.63) is 0 Å². The fraction of sp³-hybridized carbons (Fsp3) is 0.800. The summed E-state index contributed by atoms with van der Waals surface area (Å²) in [5, 5.41) is 3.71. The lowest BCUT2D eigenvalue weighted by atomic mass is 9.97. The molecule has 0 unspecified atom stereocenters. The topological polar surface area (TPSA) is 41.6 Å². The summed E-state index contributed by atoms with van der Waals surface area (Å²) >= 11 is 5.13. The molecule has 5 heteroatoms. The van der Waals surface area contributed by atoms with Crippen molar-refractivity contribution in [2.24, 2.45) is 5.92 Å². The van der Waals surface area contributed by atoms with Crippen LogP contribution in [0.2, 0.25) is 0 Å². The molecule has 1 fully saturated rings. The third kappa shape index (κ3) is 3.34. The van der Waals surface area contributed by atoms with Gasteiger partial charge in [0.15, 0.2) is 5.11 Å². The number of piperidine rings is 1. The molecule has 0 aliphatic carbocycles. The number of hydrogen-bond donors (Lipinski definition) is 1. The van der Waals surface area contributed by atoms with Gasteiger partial charge in [0.2, 0.25) is 0 Å². The molecule has 1 N–H and O–H groups in total. The predicted molar refractivity (Wildman–Crippen MR) is 62.6 cm³/mol. The second-order valence-corrected chi connectivity index (χ2v) is 3.96. The zero-order valence-electron chi connectivity index (χ0n) is 9.28. The molecule has 0 saturated carbocycles. The molecule has 0 radical (unpaired) electrons. The van der Waals surface area contributed by atoms with E-state index in [1.54, 1.807) is 0 Å². The number of likely N-dealkylation sites (tertiary alicyclic amines) is 1. The molecule has 1 aliphatic rings. The van der Waals surface area contributed by atoms with E-state index in [1.807, 2.05) is 14.0 Å². The SMILES string of the molecule is CCOC(=O)C1CCN(C(=S)NC)CC1. The minimum Gasteiger partial charge on any atom is -0.466 e. The standard InChI is InChI=1S/C10H18N2O2S/c1-3-14-9(13)8-4-6-12(7-5-8)10(15)11-2/h8H,3-7H2,1-2H3,(H,11,15). The number of carbonyl (C=O) groups is 1. The maximum atomic E-state index is 11.5. The molecule has 0 aromatic carbocycles. The van der Waals surface area contributed by atoms with E-state index in [1.165, 1.54) is 0 Å². The van der Waals surface area contributed by atoms with Crippen LogP contribution in [0.4, 0.5) is 0 Å². The van der Waals surface area contributed by atoms with Crippen LogP contribution in [0.25, 0.3) is 0 Å². The average Bonchev–Trinajstić information content (AvgIpc) is 2.28. The van der Waals surface area contributed by atoms with E-state index >= 15 is 0 Å². The fourth-order valence-corrected chi connectivity index (χ4v) is 1.92. The highest BCUT2D eigenvalue weighted by molar-refractivity contribution is 7.80. The van der Waals surface area contributed by atoms with Gasteiger partial charge in [-0.1, -0.05) is 0 Å². The van der Waals surface area contributed by atoms with Crippen molar-refractivity contribution >= 4 is 23.3 Å². The van der Waals surface area contributed by atoms with Gasteiger partial charge in [0.1, 0.15) is 0 Å². The zero-order chi connectivity index (χ0) is 11.3. The summed E-state index contributed by atoms with van der Waals surface area (Å²) in [6.45, 7) is 3.98. The first-order valence-corrected chi connectivity index (χ1v) is 5.73. The van der Waals surface area contributed by atoms with Gasteiger partial charge in [0.25, 0.3) is 0 Å². The van der Waals surface area contributed by atoms with Gasteiger partial charge in [0.05, 0.1) is 12.5 Å². The van der Waals surface area contributed by atoms with Gasteiger partial charge >= 0.3 is 5.97 Å². The first-order chi connectivity index (χ1) is 7.19. The smallest absolute Gasteiger partial charge is 0.309 e. The lowest BCUT2D eigenvalue weighted by Gasteiger charge is -2.32. The first-order valence-electron chi connectivity index (χ1n) is 5.32. The van der Waals surface area contributed by atoms with E-state index < -0.39 is 0 Å². The normalized spacial score (nSPS) is 17.3. The van der Waals surface area contributed by atoms with Gasteiger partial charge < -0.3 is 15.0 Å². The average molecular weight is 230 g/mol. The summed E-state index contributed by atoms with van der Waals surface area (Å²) in [4.78, 5) is 13.5. The highest BCUT2D eigenvalue weighted by atomic mass is 32.1. The fourth-order valence-electron chi connectivity index (χ4n) is 1.74. The number of esters is 1. The molecule has 1 heterocycles. The van der Waals surface area contributed by atoms with Crippen molar-refractivity contribution in [3.63, 3.8) is 0 Å². The summed E-state index contributed by atoms with van der Waals surface area (Å²) in [6, 6.07) is 0. The van der Waals surface area contributed by atoms with Gasteiger partial charge in [0, 0.05) is 20.1 Å². The Bertz CT molecular complexity index is 238. The van der Waals surface area contributed by atoms with Crippen molar-refractivity contribution in [1.29, 1.82) is 0 Å². The lowest BCUT2D eigenvalue weighted by molar-refractivity contribution is -0.149. The molecule has 4 nitrogen and oxygen atoms in total. The summed E-state index contributed by atoms with van der Waals surface area (Å²) in [5.74, 6) is -0.00613. The van der Waals surface area contributed by atoms with Crippen molar-refractivity contribution < 1.29 is 9.53 Å². The Labute approximate surface area is 96.0 Å². The quantitative estimate of drug-likeness (QED) is 0.560. The first kappa shape index (κ1) is 12.2. The summed E-state index contributed by atoms with van der Waals surface area (Å²) in [7, 11) is 1.82. The minimum atomic E-state index is -0.0625. The van der Waals surface area contributed by atoms with Gasteiger partial charge in [-0.2, -0.15) is 0 Å². The molecule has 0 aromatic heterocycles. The summed E-state index contributed by atoms with van der Waals surface area (Å²) in [5.41, 5.74) is 0. The lowest BCUT2D eigenvalue weighted by Crippen LogP contribution is -2.44. The Morgan fingerprint density at radius 3 is 2.60 bits per heavy atom. The highest BCUT2D eigenvalue weighted by Crippen LogP contribution is 2.18. The van der Waals surface area contributed by atoms with E-state index in [0.29, 0.717) is 6.61 Å². The van der Waals surface area contributed by atoms with Crippen LogP contribution in [-0.2, 0) is 9.53 Å². The van der Waals surface area contributed by atoms with Crippen LogP contribution in [-0.4, -0.2) is 42.7 Å². The van der Waals surface area contributed by atoms with Crippen LogP contribution in [0.3, 0.4) is 0 Å². The number of nitrogens with one attached hydrogen (secondary N) is 1. The Balaban J connectivity index is 2.35. The molecule has 1 saturated heterocycles. The number of carbonyl (C=O) groups excluding carboxylic acids is 1. The molecular weight excluding hydrogens is 212 g/mol. The molecular formula is C10H18N2O2S. The van der Waals surface area contributed by atoms with Gasteiger partial charge in [-0.15, -0.1) is 0 Å². The Hall–Kier alpha value is -0.840.